The van der Waals surface area contributed by atoms with Crippen molar-refractivity contribution < 1.29 is 13.2 Å². The monoisotopic (exact) mass is 381 g/mol. The maximum atomic E-state index is 12.2. The Bertz CT molecular complexity index is 666. The predicted octanol–water partition coefficient (Wildman–Crippen LogP) is 2.07. The van der Waals surface area contributed by atoms with Gasteiger partial charge in [-0.1, -0.05) is 25.0 Å². The van der Waals surface area contributed by atoms with Crippen LogP contribution in [0.4, 0.5) is 5.69 Å². The molecule has 1 aromatic rings. The van der Waals surface area contributed by atoms with Gasteiger partial charge in [-0.3, -0.25) is 4.90 Å². The molecule has 2 fully saturated rings. The molecule has 1 saturated heterocycles. The lowest BCUT2D eigenvalue weighted by Gasteiger charge is -2.36. The van der Waals surface area contributed by atoms with Crippen LogP contribution in [0.25, 0.3) is 0 Å². The molecule has 0 aromatic heterocycles. The van der Waals surface area contributed by atoms with Crippen molar-refractivity contribution in [1.82, 2.24) is 9.62 Å². The molecule has 1 N–H and O–H groups in total. The van der Waals surface area contributed by atoms with E-state index in [1.807, 2.05) is 18.2 Å². The van der Waals surface area contributed by atoms with Crippen LogP contribution < -0.4 is 14.4 Å². The minimum absolute atomic E-state index is 0.160. The Morgan fingerprint density at radius 1 is 1.12 bits per heavy atom. The van der Waals surface area contributed by atoms with Gasteiger partial charge in [-0.25, -0.2) is 13.1 Å². The molecule has 26 heavy (non-hydrogen) atoms. The molecule has 0 radical (unpaired) electrons. The summed E-state index contributed by atoms with van der Waals surface area (Å²) in [5.41, 5.74) is 1.15. The summed E-state index contributed by atoms with van der Waals surface area (Å²) in [4.78, 5) is 4.77. The van der Waals surface area contributed by atoms with E-state index in [1.165, 1.54) is 0 Å². The Kier molecular flexibility index (Phi) is 6.78. The van der Waals surface area contributed by atoms with Crippen molar-refractivity contribution in [2.75, 3.05) is 51.3 Å². The van der Waals surface area contributed by atoms with Crippen LogP contribution in [0.15, 0.2) is 24.3 Å². The molecular formula is C19H31N3O3S. The highest BCUT2D eigenvalue weighted by molar-refractivity contribution is 7.90. The fourth-order valence-electron chi connectivity index (χ4n) is 3.94. The van der Waals surface area contributed by atoms with Gasteiger partial charge in [0.2, 0.25) is 10.0 Å². The van der Waals surface area contributed by atoms with E-state index < -0.39 is 10.0 Å². The molecular weight excluding hydrogens is 350 g/mol. The zero-order valence-corrected chi connectivity index (χ0v) is 16.5. The Balaban J connectivity index is 1.38. The third kappa shape index (κ3) is 4.90. The van der Waals surface area contributed by atoms with Gasteiger partial charge in [-0.2, -0.15) is 0 Å². The number of ether oxygens (including phenoxy) is 1. The number of nitrogens with zero attached hydrogens (tertiary/aromatic N) is 2. The molecule has 3 rings (SSSR count). The summed E-state index contributed by atoms with van der Waals surface area (Å²) < 4.78 is 32.7. The first kappa shape index (κ1) is 19.5. The lowest BCUT2D eigenvalue weighted by atomic mass is 10.2. The second-order valence-electron chi connectivity index (χ2n) is 7.20. The van der Waals surface area contributed by atoms with Gasteiger partial charge in [0.25, 0.3) is 0 Å². The van der Waals surface area contributed by atoms with Crippen LogP contribution >= 0.6 is 0 Å². The van der Waals surface area contributed by atoms with Gasteiger partial charge in [0.1, 0.15) is 5.75 Å². The van der Waals surface area contributed by atoms with Crippen molar-refractivity contribution in [2.45, 2.75) is 37.4 Å². The summed E-state index contributed by atoms with van der Waals surface area (Å²) in [6.45, 7) is 5.40. The van der Waals surface area contributed by atoms with Gasteiger partial charge >= 0.3 is 0 Å². The van der Waals surface area contributed by atoms with Crippen LogP contribution in [-0.4, -0.2) is 64.9 Å². The van der Waals surface area contributed by atoms with E-state index in [0.717, 1.165) is 76.3 Å². The summed E-state index contributed by atoms with van der Waals surface area (Å²) in [5.74, 6) is 0.919. The SMILES string of the molecule is COc1ccccc1N1CCN(CCCNS(=O)(=O)C2CCCC2)CC1. The van der Waals surface area contributed by atoms with Crippen LogP contribution in [0.5, 0.6) is 5.75 Å². The van der Waals surface area contributed by atoms with Crippen molar-refractivity contribution in [2.24, 2.45) is 0 Å². The predicted molar refractivity (Wildman–Crippen MR) is 105 cm³/mol. The third-order valence-electron chi connectivity index (χ3n) is 5.49. The number of anilines is 1. The number of rotatable bonds is 8. The number of hydrogen-bond acceptors (Lipinski definition) is 5. The standard InChI is InChI=1S/C19H31N3O3S/c1-25-19-10-5-4-9-18(19)22-15-13-21(14-16-22)12-6-11-20-26(23,24)17-7-2-3-8-17/h4-5,9-10,17,20H,2-3,6-8,11-16H2,1H3. The van der Waals surface area contributed by atoms with Crippen molar-refractivity contribution in [3.8, 4) is 5.75 Å². The van der Waals surface area contributed by atoms with Crippen LogP contribution in [0.2, 0.25) is 0 Å². The number of methoxy groups -OCH3 is 1. The molecule has 1 saturated carbocycles. The quantitative estimate of drug-likeness (QED) is 0.699. The highest BCUT2D eigenvalue weighted by Gasteiger charge is 2.28. The minimum atomic E-state index is -3.11. The third-order valence-corrected chi connectivity index (χ3v) is 7.45. The number of hydrogen-bond donors (Lipinski definition) is 1. The average Bonchev–Trinajstić information content (AvgIpc) is 3.22. The van der Waals surface area contributed by atoms with E-state index in [1.54, 1.807) is 7.11 Å². The van der Waals surface area contributed by atoms with E-state index in [2.05, 4.69) is 20.6 Å². The normalized spacial score (nSPS) is 19.8. The second-order valence-corrected chi connectivity index (χ2v) is 9.25. The van der Waals surface area contributed by atoms with Crippen LogP contribution in [0, 0.1) is 0 Å². The Morgan fingerprint density at radius 2 is 1.81 bits per heavy atom. The maximum Gasteiger partial charge on any atom is 0.214 e. The summed E-state index contributed by atoms with van der Waals surface area (Å²) in [5, 5.41) is -0.160. The Labute approximate surface area is 157 Å². The average molecular weight is 382 g/mol. The van der Waals surface area contributed by atoms with Crippen LogP contribution in [0.3, 0.4) is 0 Å². The first-order valence-corrected chi connectivity index (χ1v) is 11.2. The first-order valence-electron chi connectivity index (χ1n) is 9.69. The number of nitrogens with one attached hydrogen (secondary N) is 1. The van der Waals surface area contributed by atoms with E-state index >= 15 is 0 Å². The zero-order chi connectivity index (χ0) is 18.4. The van der Waals surface area contributed by atoms with Crippen molar-refractivity contribution in [3.05, 3.63) is 24.3 Å². The summed E-state index contributed by atoms with van der Waals surface area (Å²) in [7, 11) is -1.40. The molecule has 2 aliphatic rings. The van der Waals surface area contributed by atoms with E-state index in [4.69, 9.17) is 4.74 Å². The van der Waals surface area contributed by atoms with Crippen molar-refractivity contribution in [3.63, 3.8) is 0 Å². The van der Waals surface area contributed by atoms with E-state index in [9.17, 15) is 8.42 Å². The maximum absolute atomic E-state index is 12.2. The van der Waals surface area contributed by atoms with Gasteiger partial charge in [0.05, 0.1) is 18.0 Å². The first-order chi connectivity index (χ1) is 12.6. The highest BCUT2D eigenvalue weighted by atomic mass is 32.2. The summed E-state index contributed by atoms with van der Waals surface area (Å²) in [6.07, 6.45) is 4.59. The topological polar surface area (TPSA) is 61.9 Å². The molecule has 0 amide bonds. The van der Waals surface area contributed by atoms with E-state index in [-0.39, 0.29) is 5.25 Å². The molecule has 1 aliphatic carbocycles. The zero-order valence-electron chi connectivity index (χ0n) is 15.7. The van der Waals surface area contributed by atoms with Gasteiger partial charge in [-0.05, 0) is 37.9 Å². The number of sulfonamides is 1. The lowest BCUT2D eigenvalue weighted by Crippen LogP contribution is -2.47. The summed E-state index contributed by atoms with van der Waals surface area (Å²) >= 11 is 0. The number of piperazine rings is 1. The molecule has 6 nitrogen and oxygen atoms in total. The number of benzene rings is 1. The van der Waals surface area contributed by atoms with Gasteiger partial charge in [0.15, 0.2) is 0 Å². The molecule has 0 atom stereocenters. The van der Waals surface area contributed by atoms with Gasteiger partial charge in [0, 0.05) is 32.7 Å². The smallest absolute Gasteiger partial charge is 0.214 e. The van der Waals surface area contributed by atoms with Crippen LogP contribution in [-0.2, 0) is 10.0 Å². The fourth-order valence-corrected chi connectivity index (χ4v) is 5.56. The Hall–Kier alpha value is -1.31. The molecule has 0 bridgehead atoms. The second kappa shape index (κ2) is 9.06. The molecule has 0 unspecified atom stereocenters. The molecule has 7 heteroatoms. The molecule has 0 spiro atoms. The van der Waals surface area contributed by atoms with Crippen molar-refractivity contribution >= 4 is 15.7 Å². The lowest BCUT2D eigenvalue weighted by molar-refractivity contribution is 0.254. The fraction of sp³-hybridized carbons (Fsp3) is 0.684. The minimum Gasteiger partial charge on any atom is -0.495 e. The highest BCUT2D eigenvalue weighted by Crippen LogP contribution is 2.28. The van der Waals surface area contributed by atoms with E-state index in [0.29, 0.717) is 6.54 Å². The molecule has 1 aromatic carbocycles. The Morgan fingerprint density at radius 3 is 2.50 bits per heavy atom. The largest absolute Gasteiger partial charge is 0.495 e. The van der Waals surface area contributed by atoms with Crippen LogP contribution in [0.1, 0.15) is 32.1 Å². The number of para-hydroxylation sites is 2. The van der Waals surface area contributed by atoms with Gasteiger partial charge < -0.3 is 9.64 Å². The van der Waals surface area contributed by atoms with Crippen molar-refractivity contribution in [1.29, 1.82) is 0 Å². The summed E-state index contributed by atoms with van der Waals surface area (Å²) in [6, 6.07) is 8.14. The van der Waals surface area contributed by atoms with Gasteiger partial charge in [-0.15, -0.1) is 0 Å². The molecule has 146 valence electrons. The molecule has 1 aliphatic heterocycles. The molecule has 1 heterocycles.